The normalized spacial score (nSPS) is 51.5. The topological polar surface area (TPSA) is 26.3 Å². The fourth-order valence-corrected chi connectivity index (χ4v) is 7.68. The molecule has 128 valence electrons. The Balaban J connectivity index is 1.74. The smallest absolute Gasteiger partial charge is 0.311 e. The fourth-order valence-electron chi connectivity index (χ4n) is 7.68. The molecular formula is C21H32O2. The first-order valence-electron chi connectivity index (χ1n) is 9.63. The molecule has 0 N–H and O–H groups in total. The Morgan fingerprint density at radius 1 is 1.13 bits per heavy atom. The van der Waals surface area contributed by atoms with Crippen LogP contribution in [0.1, 0.15) is 72.1 Å². The van der Waals surface area contributed by atoms with Crippen LogP contribution in [0.5, 0.6) is 0 Å². The summed E-state index contributed by atoms with van der Waals surface area (Å²) in [6, 6.07) is 0. The van der Waals surface area contributed by atoms with Crippen molar-refractivity contribution in [2.75, 3.05) is 7.11 Å². The van der Waals surface area contributed by atoms with Gasteiger partial charge in [-0.1, -0.05) is 25.0 Å². The summed E-state index contributed by atoms with van der Waals surface area (Å²) in [5.74, 6) is 2.16. The number of allylic oxidation sites excluding steroid dienone is 2. The molecule has 0 heterocycles. The maximum atomic E-state index is 12.6. The van der Waals surface area contributed by atoms with Crippen LogP contribution >= 0.6 is 0 Å². The van der Waals surface area contributed by atoms with Crippen molar-refractivity contribution in [2.45, 2.75) is 72.1 Å². The van der Waals surface area contributed by atoms with E-state index >= 15 is 0 Å². The van der Waals surface area contributed by atoms with E-state index in [0.717, 1.165) is 18.3 Å². The van der Waals surface area contributed by atoms with Crippen molar-refractivity contribution in [2.24, 2.45) is 34.0 Å². The van der Waals surface area contributed by atoms with Crippen molar-refractivity contribution in [3.63, 3.8) is 0 Å². The first-order valence-corrected chi connectivity index (χ1v) is 9.63. The summed E-state index contributed by atoms with van der Waals surface area (Å²) in [5, 5.41) is 0. The summed E-state index contributed by atoms with van der Waals surface area (Å²) in [5.41, 5.74) is 2.15. The Kier molecular flexibility index (Phi) is 3.32. The molecule has 1 spiro atoms. The fraction of sp³-hybridized carbons (Fsp3) is 0.857. The highest BCUT2D eigenvalue weighted by molar-refractivity contribution is 5.77. The Labute approximate surface area is 141 Å². The molecule has 0 saturated heterocycles. The lowest BCUT2D eigenvalue weighted by Crippen LogP contribution is -2.58. The molecule has 0 amide bonds. The summed E-state index contributed by atoms with van der Waals surface area (Å²) >= 11 is 0. The minimum absolute atomic E-state index is 0.0382. The molecule has 23 heavy (non-hydrogen) atoms. The van der Waals surface area contributed by atoms with E-state index in [2.05, 4.69) is 26.8 Å². The van der Waals surface area contributed by atoms with Gasteiger partial charge in [0.15, 0.2) is 0 Å². The minimum Gasteiger partial charge on any atom is -0.469 e. The van der Waals surface area contributed by atoms with Crippen molar-refractivity contribution >= 4 is 5.97 Å². The monoisotopic (exact) mass is 316 g/mol. The summed E-state index contributed by atoms with van der Waals surface area (Å²) in [6.07, 6.45) is 12.8. The zero-order valence-electron chi connectivity index (χ0n) is 15.3. The second-order valence-corrected chi connectivity index (χ2v) is 9.51. The molecule has 6 atom stereocenters. The molecule has 0 unspecified atom stereocenters. The van der Waals surface area contributed by atoms with Crippen LogP contribution in [0.2, 0.25) is 0 Å². The van der Waals surface area contributed by atoms with Gasteiger partial charge in [0, 0.05) is 0 Å². The van der Waals surface area contributed by atoms with Gasteiger partial charge in [0.25, 0.3) is 0 Å². The van der Waals surface area contributed by atoms with Crippen molar-refractivity contribution in [1.82, 2.24) is 0 Å². The molecule has 4 aliphatic carbocycles. The number of hydrogen-bond acceptors (Lipinski definition) is 2. The van der Waals surface area contributed by atoms with Crippen molar-refractivity contribution < 1.29 is 9.53 Å². The molecule has 2 heteroatoms. The van der Waals surface area contributed by atoms with Crippen LogP contribution in [0.4, 0.5) is 0 Å². The van der Waals surface area contributed by atoms with Crippen LogP contribution < -0.4 is 0 Å². The van der Waals surface area contributed by atoms with Gasteiger partial charge in [0.05, 0.1) is 12.5 Å². The van der Waals surface area contributed by atoms with Crippen LogP contribution in [0.25, 0.3) is 0 Å². The van der Waals surface area contributed by atoms with Gasteiger partial charge in [0.1, 0.15) is 0 Å². The van der Waals surface area contributed by atoms with Gasteiger partial charge in [-0.15, -0.1) is 0 Å². The molecule has 4 rings (SSSR count). The van der Waals surface area contributed by atoms with Gasteiger partial charge in [-0.05, 0) is 87.4 Å². The minimum atomic E-state index is -0.266. The van der Waals surface area contributed by atoms with Crippen molar-refractivity contribution in [3.8, 4) is 0 Å². The second-order valence-electron chi connectivity index (χ2n) is 9.51. The van der Waals surface area contributed by atoms with Crippen LogP contribution in [-0.2, 0) is 9.53 Å². The zero-order chi connectivity index (χ0) is 16.5. The SMILES string of the molecule is COC(=O)[C@]1(C)CCC[C@@]2(C)[C@@H]3CC[C@H]4C[C@]3(C=C4C)CC[C@@H]21. The standard InChI is InChI=1S/C21H32O2/c1-14-12-21-11-8-16-19(2,17(21)7-6-15(14)13-21)9-5-10-20(16,3)18(22)23-4/h12,15-17H,5-11,13H2,1-4H3/t15-,16-,17-,19+,20+,21+/m0/s1. The Morgan fingerprint density at radius 2 is 1.91 bits per heavy atom. The number of methoxy groups -OCH3 is 1. The van der Waals surface area contributed by atoms with E-state index in [-0.39, 0.29) is 11.4 Å². The van der Waals surface area contributed by atoms with Gasteiger partial charge < -0.3 is 4.74 Å². The third-order valence-electron chi connectivity index (χ3n) is 8.61. The molecule has 0 aliphatic heterocycles. The highest BCUT2D eigenvalue weighted by Gasteiger charge is 2.64. The lowest BCUT2D eigenvalue weighted by Gasteiger charge is -2.63. The Bertz CT molecular complexity index is 564. The number of hydrogen-bond donors (Lipinski definition) is 0. The van der Waals surface area contributed by atoms with Gasteiger partial charge >= 0.3 is 5.97 Å². The molecule has 3 saturated carbocycles. The molecule has 2 bridgehead atoms. The lowest BCUT2D eigenvalue weighted by atomic mass is 9.41. The van der Waals surface area contributed by atoms with Gasteiger partial charge in [0.2, 0.25) is 0 Å². The summed E-state index contributed by atoms with van der Waals surface area (Å²) < 4.78 is 5.25. The summed E-state index contributed by atoms with van der Waals surface area (Å²) in [7, 11) is 1.57. The predicted molar refractivity (Wildman–Crippen MR) is 91.8 cm³/mol. The summed E-state index contributed by atoms with van der Waals surface area (Å²) in [6.45, 7) is 7.07. The quantitative estimate of drug-likeness (QED) is 0.495. The van der Waals surface area contributed by atoms with Crippen LogP contribution in [0.3, 0.4) is 0 Å². The van der Waals surface area contributed by atoms with Crippen LogP contribution in [0.15, 0.2) is 11.6 Å². The molecular weight excluding hydrogens is 284 g/mol. The molecule has 0 aromatic carbocycles. The zero-order valence-corrected chi connectivity index (χ0v) is 15.3. The number of esters is 1. The maximum absolute atomic E-state index is 12.6. The molecule has 2 nitrogen and oxygen atoms in total. The van der Waals surface area contributed by atoms with E-state index in [0.29, 0.717) is 16.7 Å². The summed E-state index contributed by atoms with van der Waals surface area (Å²) in [4.78, 5) is 12.6. The molecule has 0 aromatic heterocycles. The molecule has 4 aliphatic rings. The molecule has 0 aromatic rings. The van der Waals surface area contributed by atoms with E-state index < -0.39 is 0 Å². The number of fused-ring (bicyclic) bond motifs is 3. The maximum Gasteiger partial charge on any atom is 0.311 e. The van der Waals surface area contributed by atoms with Crippen LogP contribution in [0, 0.1) is 34.0 Å². The average molecular weight is 316 g/mol. The van der Waals surface area contributed by atoms with E-state index in [1.807, 2.05) is 0 Å². The first-order chi connectivity index (χ1) is 10.9. The van der Waals surface area contributed by atoms with Crippen LogP contribution in [-0.4, -0.2) is 13.1 Å². The predicted octanol–water partition coefficient (Wildman–Crippen LogP) is 5.13. The third kappa shape index (κ3) is 1.90. The lowest BCUT2D eigenvalue weighted by molar-refractivity contribution is -0.180. The molecule has 3 fully saturated rings. The number of carbonyl (C=O) groups excluding carboxylic acids is 1. The van der Waals surface area contributed by atoms with E-state index in [9.17, 15) is 4.79 Å². The average Bonchev–Trinajstić information content (AvgIpc) is 2.75. The Morgan fingerprint density at radius 3 is 2.65 bits per heavy atom. The van der Waals surface area contributed by atoms with Gasteiger partial charge in [-0.3, -0.25) is 4.79 Å². The number of carbonyl (C=O) groups is 1. The van der Waals surface area contributed by atoms with E-state index in [1.54, 1.807) is 12.7 Å². The largest absolute Gasteiger partial charge is 0.469 e. The number of rotatable bonds is 1. The Hall–Kier alpha value is -0.790. The van der Waals surface area contributed by atoms with Gasteiger partial charge in [-0.25, -0.2) is 0 Å². The third-order valence-corrected chi connectivity index (χ3v) is 8.61. The molecule has 0 radical (unpaired) electrons. The second kappa shape index (κ2) is 4.86. The highest BCUT2D eigenvalue weighted by Crippen LogP contribution is 2.70. The first kappa shape index (κ1) is 15.7. The van der Waals surface area contributed by atoms with Crippen molar-refractivity contribution in [1.29, 1.82) is 0 Å². The van der Waals surface area contributed by atoms with Gasteiger partial charge in [-0.2, -0.15) is 0 Å². The van der Waals surface area contributed by atoms with E-state index in [4.69, 9.17) is 4.74 Å². The van der Waals surface area contributed by atoms with E-state index in [1.165, 1.54) is 44.9 Å². The van der Waals surface area contributed by atoms with Crippen molar-refractivity contribution in [3.05, 3.63) is 11.6 Å². The number of ether oxygens (including phenoxy) is 1. The highest BCUT2D eigenvalue weighted by atomic mass is 16.5.